The molecule has 2 fully saturated rings. The maximum atomic E-state index is 13.5. The number of alkyl halides is 3. The highest BCUT2D eigenvalue weighted by molar-refractivity contribution is 5.68. The van der Waals surface area contributed by atoms with Crippen molar-refractivity contribution >= 4 is 12.0 Å². The highest BCUT2D eigenvalue weighted by Gasteiger charge is 2.37. The molecule has 0 radical (unpaired) electrons. The van der Waals surface area contributed by atoms with Gasteiger partial charge in [-0.3, -0.25) is 4.68 Å². The van der Waals surface area contributed by atoms with E-state index in [0.717, 1.165) is 6.07 Å². The largest absolute Gasteiger partial charge is 0.444 e. The molecule has 33 heavy (non-hydrogen) atoms. The Kier molecular flexibility index (Phi) is 5.97. The summed E-state index contributed by atoms with van der Waals surface area (Å²) in [4.78, 5) is 23.5. The van der Waals surface area contributed by atoms with Crippen LogP contribution >= 0.6 is 0 Å². The standard InChI is InChI=1S/C21H27F3N6O3/c1-20(2,3)33-19(32)28-6-4-14(11-28)30-10-13(9-25-30)16-8-17(21(22,23)24)27-18(26-16)29-7-5-15(29)12-31/h8-10,14-15,31H,4-7,11-12H2,1-3H3/t14?,15-/m1/s1. The number of nitrogens with zero attached hydrogens (tertiary/aromatic N) is 6. The number of aromatic nitrogens is 4. The van der Waals surface area contributed by atoms with E-state index in [1.54, 1.807) is 41.4 Å². The van der Waals surface area contributed by atoms with E-state index < -0.39 is 23.6 Å². The van der Waals surface area contributed by atoms with Crippen LogP contribution in [0.5, 0.6) is 0 Å². The minimum atomic E-state index is -4.64. The summed E-state index contributed by atoms with van der Waals surface area (Å²) in [5.41, 5.74) is -1.12. The zero-order chi connectivity index (χ0) is 24.0. The molecular formula is C21H27F3N6O3. The van der Waals surface area contributed by atoms with Gasteiger partial charge in [0.05, 0.1) is 30.6 Å². The quantitative estimate of drug-likeness (QED) is 0.737. The fourth-order valence-electron chi connectivity index (χ4n) is 3.87. The monoisotopic (exact) mass is 468 g/mol. The average Bonchev–Trinajstić information content (AvgIpc) is 3.35. The molecule has 2 atom stereocenters. The zero-order valence-electron chi connectivity index (χ0n) is 18.7. The Labute approximate surface area is 189 Å². The first kappa shape index (κ1) is 23.3. The van der Waals surface area contributed by atoms with Gasteiger partial charge in [0, 0.05) is 31.4 Å². The summed E-state index contributed by atoms with van der Waals surface area (Å²) in [6.07, 6.45) is -0.631. The van der Waals surface area contributed by atoms with Gasteiger partial charge in [0.25, 0.3) is 0 Å². The maximum Gasteiger partial charge on any atom is 0.433 e. The van der Waals surface area contributed by atoms with Crippen molar-refractivity contribution in [1.82, 2.24) is 24.6 Å². The van der Waals surface area contributed by atoms with E-state index in [0.29, 0.717) is 38.0 Å². The summed E-state index contributed by atoms with van der Waals surface area (Å²) in [5.74, 6) is -0.0603. The molecule has 4 heterocycles. The molecule has 2 aliphatic rings. The van der Waals surface area contributed by atoms with E-state index in [2.05, 4.69) is 15.1 Å². The van der Waals surface area contributed by atoms with Gasteiger partial charge in [0.15, 0.2) is 5.69 Å². The van der Waals surface area contributed by atoms with Crippen LogP contribution < -0.4 is 4.90 Å². The molecule has 0 saturated carbocycles. The second kappa shape index (κ2) is 8.47. The van der Waals surface area contributed by atoms with Crippen molar-refractivity contribution in [1.29, 1.82) is 0 Å². The van der Waals surface area contributed by atoms with Crippen LogP contribution in [0.3, 0.4) is 0 Å². The number of anilines is 1. The smallest absolute Gasteiger partial charge is 0.433 e. The number of likely N-dealkylation sites (tertiary alicyclic amines) is 1. The van der Waals surface area contributed by atoms with Crippen molar-refractivity contribution in [2.75, 3.05) is 31.1 Å². The Morgan fingerprint density at radius 2 is 1.97 bits per heavy atom. The third-order valence-corrected chi connectivity index (χ3v) is 5.70. The molecule has 12 heteroatoms. The lowest BCUT2D eigenvalue weighted by Gasteiger charge is -2.40. The summed E-state index contributed by atoms with van der Waals surface area (Å²) in [6, 6.07) is 0.491. The summed E-state index contributed by atoms with van der Waals surface area (Å²) >= 11 is 0. The molecule has 2 aromatic heterocycles. The minimum absolute atomic E-state index is 0.0603. The topological polar surface area (TPSA) is 96.6 Å². The minimum Gasteiger partial charge on any atom is -0.444 e. The van der Waals surface area contributed by atoms with Crippen LogP contribution in [-0.4, -0.2) is 73.7 Å². The Bertz CT molecular complexity index is 1020. The van der Waals surface area contributed by atoms with Crippen LogP contribution in [0.1, 0.15) is 45.3 Å². The van der Waals surface area contributed by atoms with Crippen molar-refractivity contribution in [2.45, 2.75) is 57.5 Å². The number of ether oxygens (including phenoxy) is 1. The number of halogens is 3. The van der Waals surface area contributed by atoms with Gasteiger partial charge in [-0.2, -0.15) is 18.3 Å². The Morgan fingerprint density at radius 1 is 1.21 bits per heavy atom. The summed E-state index contributed by atoms with van der Waals surface area (Å²) in [7, 11) is 0. The highest BCUT2D eigenvalue weighted by Crippen LogP contribution is 2.34. The molecule has 2 aliphatic heterocycles. The second-order valence-electron chi connectivity index (χ2n) is 9.33. The van der Waals surface area contributed by atoms with Crippen LogP contribution in [-0.2, 0) is 10.9 Å². The SMILES string of the molecule is CC(C)(C)OC(=O)N1CCC(n2cc(-c3cc(C(F)(F)F)nc(N4CC[C@@H]4CO)n3)cn2)C1. The van der Waals surface area contributed by atoms with Crippen molar-refractivity contribution in [3.05, 3.63) is 24.2 Å². The molecule has 4 rings (SSSR count). The number of carbonyl (C=O) groups is 1. The third kappa shape index (κ3) is 5.05. The lowest BCUT2D eigenvalue weighted by molar-refractivity contribution is -0.141. The molecule has 2 saturated heterocycles. The number of amides is 1. The first-order valence-corrected chi connectivity index (χ1v) is 10.8. The van der Waals surface area contributed by atoms with Gasteiger partial charge in [-0.25, -0.2) is 14.8 Å². The van der Waals surface area contributed by atoms with Crippen molar-refractivity contribution in [3.63, 3.8) is 0 Å². The summed E-state index contributed by atoms with van der Waals surface area (Å²) < 4.78 is 47.5. The first-order valence-electron chi connectivity index (χ1n) is 10.8. The summed E-state index contributed by atoms with van der Waals surface area (Å²) in [5, 5.41) is 13.7. The lowest BCUT2D eigenvalue weighted by Crippen LogP contribution is -2.51. The number of rotatable bonds is 4. The molecule has 0 aromatic carbocycles. The molecule has 0 bridgehead atoms. The van der Waals surface area contributed by atoms with Crippen LogP contribution in [0, 0.1) is 0 Å². The number of aliphatic hydroxyl groups excluding tert-OH is 1. The van der Waals surface area contributed by atoms with E-state index in [1.165, 1.54) is 6.20 Å². The van der Waals surface area contributed by atoms with Crippen LogP contribution in [0.25, 0.3) is 11.3 Å². The molecule has 1 amide bonds. The Hall–Kier alpha value is -2.89. The first-order chi connectivity index (χ1) is 15.4. The van der Waals surface area contributed by atoms with Gasteiger partial charge in [0.2, 0.25) is 5.95 Å². The van der Waals surface area contributed by atoms with Gasteiger partial charge in [-0.05, 0) is 39.7 Å². The van der Waals surface area contributed by atoms with E-state index >= 15 is 0 Å². The van der Waals surface area contributed by atoms with E-state index in [1.807, 2.05) is 0 Å². The van der Waals surface area contributed by atoms with Crippen molar-refractivity contribution in [3.8, 4) is 11.3 Å². The molecular weight excluding hydrogens is 441 g/mol. The van der Waals surface area contributed by atoms with Gasteiger partial charge >= 0.3 is 12.3 Å². The summed E-state index contributed by atoms with van der Waals surface area (Å²) in [6.45, 7) is 6.59. The van der Waals surface area contributed by atoms with Crippen LogP contribution in [0.2, 0.25) is 0 Å². The number of aliphatic hydroxyl groups is 1. The van der Waals surface area contributed by atoms with Gasteiger partial charge in [0.1, 0.15) is 5.60 Å². The fourth-order valence-corrected chi connectivity index (χ4v) is 3.87. The third-order valence-electron chi connectivity index (χ3n) is 5.70. The van der Waals surface area contributed by atoms with Gasteiger partial charge < -0.3 is 19.6 Å². The van der Waals surface area contributed by atoms with Crippen LogP contribution in [0.4, 0.5) is 23.9 Å². The fraction of sp³-hybridized carbons (Fsp3) is 0.619. The molecule has 2 aromatic rings. The highest BCUT2D eigenvalue weighted by atomic mass is 19.4. The molecule has 180 valence electrons. The zero-order valence-corrected chi connectivity index (χ0v) is 18.7. The second-order valence-corrected chi connectivity index (χ2v) is 9.33. The lowest BCUT2D eigenvalue weighted by atomic mass is 10.1. The van der Waals surface area contributed by atoms with Crippen LogP contribution in [0.15, 0.2) is 18.5 Å². The number of hydrogen-bond donors (Lipinski definition) is 1. The Balaban J connectivity index is 1.55. The van der Waals surface area contributed by atoms with E-state index in [-0.39, 0.29) is 30.3 Å². The maximum absolute atomic E-state index is 13.5. The van der Waals surface area contributed by atoms with Gasteiger partial charge in [-0.15, -0.1) is 0 Å². The molecule has 1 unspecified atom stereocenters. The number of hydrogen-bond acceptors (Lipinski definition) is 7. The number of carbonyl (C=O) groups excluding carboxylic acids is 1. The molecule has 1 N–H and O–H groups in total. The van der Waals surface area contributed by atoms with E-state index in [9.17, 15) is 23.1 Å². The Morgan fingerprint density at radius 3 is 2.58 bits per heavy atom. The van der Waals surface area contributed by atoms with Gasteiger partial charge in [-0.1, -0.05) is 0 Å². The average molecular weight is 468 g/mol. The molecule has 9 nitrogen and oxygen atoms in total. The van der Waals surface area contributed by atoms with Crippen molar-refractivity contribution < 1.29 is 27.8 Å². The van der Waals surface area contributed by atoms with E-state index in [4.69, 9.17) is 4.74 Å². The molecule has 0 aliphatic carbocycles. The normalized spacial score (nSPS) is 21.3. The predicted molar refractivity (Wildman–Crippen MR) is 113 cm³/mol. The van der Waals surface area contributed by atoms with Crippen molar-refractivity contribution in [2.24, 2.45) is 0 Å². The molecule has 0 spiro atoms. The predicted octanol–water partition coefficient (Wildman–Crippen LogP) is 3.11.